The van der Waals surface area contributed by atoms with Crippen LogP contribution in [0.2, 0.25) is 0 Å². The molecule has 1 aliphatic rings. The summed E-state index contributed by atoms with van der Waals surface area (Å²) in [5, 5.41) is 13.0. The van der Waals surface area contributed by atoms with Crippen molar-refractivity contribution < 1.29 is 19.4 Å². The number of hydrogen-bond donors (Lipinski definition) is 2. The van der Waals surface area contributed by atoms with Crippen molar-refractivity contribution >= 4 is 6.09 Å². The van der Waals surface area contributed by atoms with Gasteiger partial charge < -0.3 is 19.9 Å². The topological polar surface area (TPSA) is 83.9 Å². The summed E-state index contributed by atoms with van der Waals surface area (Å²) >= 11 is 0. The zero-order valence-corrected chi connectivity index (χ0v) is 14.0. The van der Waals surface area contributed by atoms with Gasteiger partial charge in [0.05, 0.1) is 13.3 Å². The minimum absolute atomic E-state index is 0.185. The van der Waals surface area contributed by atoms with Crippen molar-refractivity contribution in [2.75, 3.05) is 33.4 Å². The minimum Gasteiger partial charge on any atom is -0.497 e. The molecule has 3 rings (SSSR count). The van der Waals surface area contributed by atoms with E-state index in [2.05, 4.69) is 10.3 Å². The van der Waals surface area contributed by atoms with Gasteiger partial charge in [-0.3, -0.25) is 9.88 Å². The number of amides is 1. The maximum atomic E-state index is 11.9. The Bertz CT molecular complexity index is 708. The van der Waals surface area contributed by atoms with E-state index < -0.39 is 11.6 Å². The highest BCUT2D eigenvalue weighted by molar-refractivity contribution is 5.67. The van der Waals surface area contributed by atoms with Crippen LogP contribution in [0.1, 0.15) is 5.56 Å². The zero-order valence-electron chi connectivity index (χ0n) is 14.0. The van der Waals surface area contributed by atoms with E-state index in [9.17, 15) is 9.90 Å². The minimum atomic E-state index is -0.966. The van der Waals surface area contributed by atoms with Crippen molar-refractivity contribution in [2.24, 2.45) is 0 Å². The number of benzene rings is 1. The number of methoxy groups -OCH3 is 1. The third-order valence-electron chi connectivity index (χ3n) is 4.42. The SMILES string of the molecule is COc1ccc(C2(COc3cccnc3)CNCCN2C(=O)O)cc1. The van der Waals surface area contributed by atoms with Crippen LogP contribution < -0.4 is 14.8 Å². The van der Waals surface area contributed by atoms with E-state index in [1.165, 1.54) is 4.90 Å². The molecule has 0 bridgehead atoms. The molecule has 0 radical (unpaired) electrons. The standard InChI is InChI=1S/C18H21N3O4/c1-24-15-6-4-14(5-7-15)18(12-20-9-10-21(18)17(22)23)13-25-16-3-2-8-19-11-16/h2-8,11,20H,9-10,12-13H2,1H3,(H,22,23). The highest BCUT2D eigenvalue weighted by Gasteiger charge is 2.44. The van der Waals surface area contributed by atoms with Crippen LogP contribution in [0.15, 0.2) is 48.8 Å². The van der Waals surface area contributed by atoms with E-state index in [1.54, 1.807) is 31.6 Å². The predicted octanol–water partition coefficient (Wildman–Crippen LogP) is 1.95. The second kappa shape index (κ2) is 7.40. The molecule has 132 valence electrons. The van der Waals surface area contributed by atoms with E-state index >= 15 is 0 Å². The number of aromatic nitrogens is 1. The first-order chi connectivity index (χ1) is 12.2. The zero-order chi connectivity index (χ0) is 17.7. The molecule has 25 heavy (non-hydrogen) atoms. The van der Waals surface area contributed by atoms with Crippen LogP contribution in [0, 0.1) is 0 Å². The molecule has 0 spiro atoms. The lowest BCUT2D eigenvalue weighted by atomic mass is 9.87. The van der Waals surface area contributed by atoms with Crippen LogP contribution in [0.3, 0.4) is 0 Å². The third kappa shape index (κ3) is 3.51. The third-order valence-corrected chi connectivity index (χ3v) is 4.42. The monoisotopic (exact) mass is 343 g/mol. The van der Waals surface area contributed by atoms with Gasteiger partial charge in [-0.25, -0.2) is 4.79 Å². The molecule has 2 heterocycles. The molecule has 1 fully saturated rings. The summed E-state index contributed by atoms with van der Waals surface area (Å²) in [4.78, 5) is 17.4. The Morgan fingerprint density at radius 1 is 1.32 bits per heavy atom. The predicted molar refractivity (Wildman–Crippen MR) is 92.0 cm³/mol. The van der Waals surface area contributed by atoms with Gasteiger partial charge in [0, 0.05) is 25.8 Å². The molecule has 1 saturated heterocycles. The van der Waals surface area contributed by atoms with Gasteiger partial charge in [-0.1, -0.05) is 12.1 Å². The Balaban J connectivity index is 1.95. The lowest BCUT2D eigenvalue weighted by Crippen LogP contribution is -2.63. The molecule has 7 nitrogen and oxygen atoms in total. The molecule has 1 aliphatic heterocycles. The largest absolute Gasteiger partial charge is 0.497 e. The number of hydrogen-bond acceptors (Lipinski definition) is 5. The first-order valence-electron chi connectivity index (χ1n) is 8.04. The van der Waals surface area contributed by atoms with E-state index in [4.69, 9.17) is 9.47 Å². The fourth-order valence-electron chi connectivity index (χ4n) is 3.08. The van der Waals surface area contributed by atoms with Crippen LogP contribution in [0.25, 0.3) is 0 Å². The van der Waals surface area contributed by atoms with Gasteiger partial charge in [-0.15, -0.1) is 0 Å². The molecule has 1 unspecified atom stereocenters. The normalized spacial score (nSPS) is 20.1. The van der Waals surface area contributed by atoms with Crippen LogP contribution in [0.5, 0.6) is 11.5 Å². The van der Waals surface area contributed by atoms with Crippen molar-refractivity contribution in [3.05, 3.63) is 54.4 Å². The molecule has 1 atom stereocenters. The Morgan fingerprint density at radius 2 is 2.12 bits per heavy atom. The lowest BCUT2D eigenvalue weighted by Gasteiger charge is -2.45. The average Bonchev–Trinajstić information content (AvgIpc) is 2.67. The molecule has 1 amide bonds. The second-order valence-electron chi connectivity index (χ2n) is 5.85. The first-order valence-corrected chi connectivity index (χ1v) is 8.04. The summed E-state index contributed by atoms with van der Waals surface area (Å²) in [5.41, 5.74) is 0.0263. The van der Waals surface area contributed by atoms with Crippen LogP contribution >= 0.6 is 0 Å². The number of carboxylic acid groups (broad SMARTS) is 1. The number of piperazine rings is 1. The molecule has 0 saturated carbocycles. The number of pyridine rings is 1. The Morgan fingerprint density at radius 3 is 2.76 bits per heavy atom. The van der Waals surface area contributed by atoms with E-state index in [1.807, 2.05) is 24.3 Å². The van der Waals surface area contributed by atoms with Gasteiger partial charge in [0.2, 0.25) is 0 Å². The van der Waals surface area contributed by atoms with Gasteiger partial charge in [-0.05, 0) is 29.8 Å². The maximum absolute atomic E-state index is 11.9. The van der Waals surface area contributed by atoms with Crippen LogP contribution in [-0.2, 0) is 5.54 Å². The summed E-state index contributed by atoms with van der Waals surface area (Å²) in [6, 6.07) is 11.0. The fraction of sp³-hybridized carbons (Fsp3) is 0.333. The molecule has 7 heteroatoms. The summed E-state index contributed by atoms with van der Waals surface area (Å²) in [5.74, 6) is 1.32. The van der Waals surface area contributed by atoms with E-state index in [0.29, 0.717) is 25.4 Å². The Kier molecular flexibility index (Phi) is 5.04. The number of nitrogens with one attached hydrogen (secondary N) is 1. The molecular formula is C18H21N3O4. The Labute approximate surface area is 146 Å². The summed E-state index contributed by atoms with van der Waals surface area (Å²) in [6.07, 6.45) is 2.31. The maximum Gasteiger partial charge on any atom is 0.408 e. The smallest absolute Gasteiger partial charge is 0.408 e. The van der Waals surface area contributed by atoms with Crippen LogP contribution in [0.4, 0.5) is 4.79 Å². The Hall–Kier alpha value is -2.80. The average molecular weight is 343 g/mol. The number of rotatable bonds is 5. The number of ether oxygens (including phenoxy) is 2. The van der Waals surface area contributed by atoms with E-state index in [0.717, 1.165) is 11.3 Å². The molecular weight excluding hydrogens is 322 g/mol. The molecule has 0 aliphatic carbocycles. The van der Waals surface area contributed by atoms with Gasteiger partial charge in [0.1, 0.15) is 23.6 Å². The molecule has 1 aromatic heterocycles. The number of carbonyl (C=O) groups is 1. The van der Waals surface area contributed by atoms with E-state index in [-0.39, 0.29) is 6.61 Å². The summed E-state index contributed by atoms with van der Waals surface area (Å²) in [6.45, 7) is 1.64. The highest BCUT2D eigenvalue weighted by Crippen LogP contribution is 2.32. The first kappa shape index (κ1) is 17.0. The molecule has 2 N–H and O–H groups in total. The fourth-order valence-corrected chi connectivity index (χ4v) is 3.08. The van der Waals surface area contributed by atoms with Crippen molar-refractivity contribution in [1.82, 2.24) is 15.2 Å². The van der Waals surface area contributed by atoms with Crippen molar-refractivity contribution in [3.8, 4) is 11.5 Å². The van der Waals surface area contributed by atoms with Crippen molar-refractivity contribution in [2.45, 2.75) is 5.54 Å². The van der Waals surface area contributed by atoms with Gasteiger partial charge in [0.15, 0.2) is 0 Å². The van der Waals surface area contributed by atoms with Crippen molar-refractivity contribution in [1.29, 1.82) is 0 Å². The molecule has 1 aromatic carbocycles. The van der Waals surface area contributed by atoms with Gasteiger partial charge in [-0.2, -0.15) is 0 Å². The summed E-state index contributed by atoms with van der Waals surface area (Å²) in [7, 11) is 1.60. The lowest BCUT2D eigenvalue weighted by molar-refractivity contribution is 0.0218. The number of nitrogens with zero attached hydrogens (tertiary/aromatic N) is 2. The quantitative estimate of drug-likeness (QED) is 0.863. The highest BCUT2D eigenvalue weighted by atomic mass is 16.5. The van der Waals surface area contributed by atoms with Crippen molar-refractivity contribution in [3.63, 3.8) is 0 Å². The molecule has 2 aromatic rings. The summed E-state index contributed by atoms with van der Waals surface area (Å²) < 4.78 is 11.1. The second-order valence-corrected chi connectivity index (χ2v) is 5.85. The van der Waals surface area contributed by atoms with Gasteiger partial charge in [0.25, 0.3) is 0 Å². The van der Waals surface area contributed by atoms with Gasteiger partial charge >= 0.3 is 6.09 Å². The van der Waals surface area contributed by atoms with Crippen LogP contribution in [-0.4, -0.2) is 54.4 Å².